The standard InChI is InChI=1S/C24H22ClNO5/c1-28-18-8-10-22(31-15-17-6-4-5-11-26-17)16(12-18)7-9-21(27)19-13-20(25)24(30-3)14-23(19)29-2/h4-14H,15H2,1-3H3/b9-7+. The maximum atomic E-state index is 12.8. The number of carbonyl (C=O) groups is 1. The molecule has 0 fully saturated rings. The molecule has 1 heterocycles. The van der Waals surface area contributed by atoms with Gasteiger partial charge in [0.25, 0.3) is 0 Å². The summed E-state index contributed by atoms with van der Waals surface area (Å²) in [5.41, 5.74) is 1.80. The number of carbonyl (C=O) groups excluding carboxylic acids is 1. The van der Waals surface area contributed by atoms with Crippen molar-refractivity contribution in [3.63, 3.8) is 0 Å². The van der Waals surface area contributed by atoms with Crippen LogP contribution < -0.4 is 18.9 Å². The highest BCUT2D eigenvalue weighted by atomic mass is 35.5. The first-order chi connectivity index (χ1) is 15.0. The lowest BCUT2D eigenvalue weighted by molar-refractivity contribution is 0.104. The Morgan fingerprint density at radius 3 is 2.45 bits per heavy atom. The van der Waals surface area contributed by atoms with Crippen molar-refractivity contribution in [3.05, 3.63) is 82.6 Å². The molecular formula is C24H22ClNO5. The third-order valence-electron chi connectivity index (χ3n) is 4.47. The van der Waals surface area contributed by atoms with Gasteiger partial charge in [-0.2, -0.15) is 0 Å². The van der Waals surface area contributed by atoms with Gasteiger partial charge in [-0.1, -0.05) is 17.7 Å². The van der Waals surface area contributed by atoms with Crippen molar-refractivity contribution in [2.75, 3.05) is 21.3 Å². The molecule has 0 amide bonds. The molecule has 1 aromatic heterocycles. The van der Waals surface area contributed by atoms with E-state index in [1.165, 1.54) is 26.4 Å². The van der Waals surface area contributed by atoms with E-state index >= 15 is 0 Å². The van der Waals surface area contributed by atoms with E-state index < -0.39 is 0 Å². The number of ketones is 1. The van der Waals surface area contributed by atoms with Gasteiger partial charge in [-0.3, -0.25) is 9.78 Å². The van der Waals surface area contributed by atoms with Crippen LogP contribution >= 0.6 is 11.6 Å². The topological polar surface area (TPSA) is 66.9 Å². The molecule has 6 nitrogen and oxygen atoms in total. The fourth-order valence-electron chi connectivity index (χ4n) is 2.86. The predicted octanol–water partition coefficient (Wildman–Crippen LogP) is 5.24. The second kappa shape index (κ2) is 10.5. The monoisotopic (exact) mass is 439 g/mol. The maximum Gasteiger partial charge on any atom is 0.189 e. The molecule has 0 aliphatic rings. The molecule has 0 bridgehead atoms. The van der Waals surface area contributed by atoms with Crippen LogP contribution in [0, 0.1) is 0 Å². The van der Waals surface area contributed by atoms with Gasteiger partial charge in [0.15, 0.2) is 5.78 Å². The first-order valence-electron chi connectivity index (χ1n) is 9.40. The Morgan fingerprint density at radius 1 is 0.968 bits per heavy atom. The zero-order chi connectivity index (χ0) is 22.2. The first-order valence-corrected chi connectivity index (χ1v) is 9.78. The van der Waals surface area contributed by atoms with E-state index in [9.17, 15) is 4.79 Å². The highest BCUT2D eigenvalue weighted by Gasteiger charge is 2.15. The van der Waals surface area contributed by atoms with Crippen LogP contribution in [-0.4, -0.2) is 32.1 Å². The number of ether oxygens (including phenoxy) is 4. The molecule has 0 atom stereocenters. The molecular weight excluding hydrogens is 418 g/mol. The summed E-state index contributed by atoms with van der Waals surface area (Å²) in [5.74, 6) is 1.75. The van der Waals surface area contributed by atoms with Crippen LogP contribution in [0.3, 0.4) is 0 Å². The molecule has 0 saturated heterocycles. The quantitative estimate of drug-likeness (QED) is 0.335. The normalized spacial score (nSPS) is 10.7. The number of rotatable bonds is 9. The van der Waals surface area contributed by atoms with Crippen molar-refractivity contribution >= 4 is 23.5 Å². The van der Waals surface area contributed by atoms with Gasteiger partial charge in [-0.15, -0.1) is 0 Å². The summed E-state index contributed by atoms with van der Waals surface area (Å²) < 4.78 is 21.7. The molecule has 0 aliphatic heterocycles. The molecule has 3 aromatic rings. The Kier molecular flexibility index (Phi) is 7.51. The lowest BCUT2D eigenvalue weighted by atomic mass is 10.1. The molecule has 0 unspecified atom stereocenters. The average molecular weight is 440 g/mol. The van der Waals surface area contributed by atoms with Crippen molar-refractivity contribution in [1.82, 2.24) is 4.98 Å². The number of hydrogen-bond donors (Lipinski definition) is 0. The highest BCUT2D eigenvalue weighted by molar-refractivity contribution is 6.32. The number of benzene rings is 2. The highest BCUT2D eigenvalue weighted by Crippen LogP contribution is 2.33. The van der Waals surface area contributed by atoms with Gasteiger partial charge in [0, 0.05) is 17.8 Å². The van der Waals surface area contributed by atoms with Gasteiger partial charge < -0.3 is 18.9 Å². The minimum Gasteiger partial charge on any atom is -0.497 e. The maximum absolute atomic E-state index is 12.8. The zero-order valence-corrected chi connectivity index (χ0v) is 18.2. The summed E-state index contributed by atoms with van der Waals surface area (Å²) in [5, 5.41) is 0.320. The van der Waals surface area contributed by atoms with Crippen LogP contribution in [-0.2, 0) is 6.61 Å². The number of pyridine rings is 1. The summed E-state index contributed by atoms with van der Waals surface area (Å²) in [6.07, 6.45) is 4.80. The van der Waals surface area contributed by atoms with Crippen molar-refractivity contribution in [2.24, 2.45) is 0 Å². The summed E-state index contributed by atoms with van der Waals surface area (Å²) in [7, 11) is 4.55. The van der Waals surface area contributed by atoms with Crippen LogP contribution in [0.4, 0.5) is 0 Å². The van der Waals surface area contributed by atoms with Crippen LogP contribution in [0.25, 0.3) is 6.08 Å². The summed E-state index contributed by atoms with van der Waals surface area (Å²) in [6.45, 7) is 0.296. The number of allylic oxidation sites excluding steroid dienone is 1. The average Bonchev–Trinajstić information content (AvgIpc) is 2.81. The van der Waals surface area contributed by atoms with Gasteiger partial charge in [0.1, 0.15) is 29.6 Å². The number of hydrogen-bond acceptors (Lipinski definition) is 6. The number of nitrogens with zero attached hydrogens (tertiary/aromatic N) is 1. The smallest absolute Gasteiger partial charge is 0.189 e. The minimum atomic E-state index is -0.278. The van der Waals surface area contributed by atoms with Crippen molar-refractivity contribution in [3.8, 4) is 23.0 Å². The molecule has 0 aliphatic carbocycles. The molecule has 160 valence electrons. The summed E-state index contributed by atoms with van der Waals surface area (Å²) in [6, 6.07) is 14.1. The van der Waals surface area contributed by atoms with Gasteiger partial charge in [0.05, 0.1) is 37.6 Å². The summed E-state index contributed by atoms with van der Waals surface area (Å²) >= 11 is 6.18. The van der Waals surface area contributed by atoms with Gasteiger partial charge in [-0.05, 0) is 48.6 Å². The first kappa shape index (κ1) is 22.2. The molecule has 2 aromatic carbocycles. The Bertz CT molecular complexity index is 1080. The van der Waals surface area contributed by atoms with E-state index in [-0.39, 0.29) is 5.78 Å². The predicted molar refractivity (Wildman–Crippen MR) is 119 cm³/mol. The largest absolute Gasteiger partial charge is 0.497 e. The van der Waals surface area contributed by atoms with Crippen LogP contribution in [0.1, 0.15) is 21.6 Å². The van der Waals surface area contributed by atoms with Crippen molar-refractivity contribution in [1.29, 1.82) is 0 Å². The molecule has 0 saturated carbocycles. The van der Waals surface area contributed by atoms with Crippen LogP contribution in [0.15, 0.2) is 60.8 Å². The molecule has 0 radical (unpaired) electrons. The van der Waals surface area contributed by atoms with Gasteiger partial charge in [-0.25, -0.2) is 0 Å². The minimum absolute atomic E-state index is 0.278. The zero-order valence-electron chi connectivity index (χ0n) is 17.4. The lowest BCUT2D eigenvalue weighted by Gasteiger charge is -2.11. The van der Waals surface area contributed by atoms with Crippen molar-refractivity contribution < 1.29 is 23.7 Å². The molecule has 31 heavy (non-hydrogen) atoms. The Morgan fingerprint density at radius 2 is 1.77 bits per heavy atom. The third-order valence-corrected chi connectivity index (χ3v) is 4.77. The fraction of sp³-hybridized carbons (Fsp3) is 0.167. The lowest BCUT2D eigenvalue weighted by Crippen LogP contribution is -2.01. The van der Waals surface area contributed by atoms with E-state index in [0.717, 1.165) is 5.69 Å². The SMILES string of the molecule is COc1ccc(OCc2ccccn2)c(/C=C/C(=O)c2cc(Cl)c(OC)cc2OC)c1. The van der Waals surface area contributed by atoms with Crippen LogP contribution in [0.2, 0.25) is 5.02 Å². The molecule has 0 spiro atoms. The van der Waals surface area contributed by atoms with E-state index in [0.29, 0.717) is 45.8 Å². The number of methoxy groups -OCH3 is 3. The molecule has 0 N–H and O–H groups in total. The van der Waals surface area contributed by atoms with Gasteiger partial charge >= 0.3 is 0 Å². The second-order valence-corrected chi connectivity index (χ2v) is 6.81. The van der Waals surface area contributed by atoms with E-state index in [4.69, 9.17) is 30.5 Å². The second-order valence-electron chi connectivity index (χ2n) is 6.40. The summed E-state index contributed by atoms with van der Waals surface area (Å²) in [4.78, 5) is 17.1. The molecule has 3 rings (SSSR count). The fourth-order valence-corrected chi connectivity index (χ4v) is 3.10. The van der Waals surface area contributed by atoms with Gasteiger partial charge in [0.2, 0.25) is 0 Å². The van der Waals surface area contributed by atoms with Crippen molar-refractivity contribution in [2.45, 2.75) is 6.61 Å². The van der Waals surface area contributed by atoms with E-state index in [2.05, 4.69) is 4.98 Å². The van der Waals surface area contributed by atoms with E-state index in [1.54, 1.807) is 43.6 Å². The Hall–Kier alpha value is -3.51. The van der Waals surface area contributed by atoms with Crippen LogP contribution in [0.5, 0.6) is 23.0 Å². The third kappa shape index (κ3) is 5.55. The number of halogens is 1. The Labute approximate surface area is 186 Å². The molecule has 7 heteroatoms. The van der Waals surface area contributed by atoms with E-state index in [1.807, 2.05) is 18.2 Å². The Balaban J connectivity index is 1.87. The number of aromatic nitrogens is 1.